The van der Waals surface area contributed by atoms with E-state index in [0.717, 1.165) is 23.8 Å². The van der Waals surface area contributed by atoms with Crippen molar-refractivity contribution in [2.75, 3.05) is 11.7 Å². The molecule has 0 bridgehead atoms. The third kappa shape index (κ3) is 3.72. The van der Waals surface area contributed by atoms with Crippen LogP contribution in [0.15, 0.2) is 77.0 Å². The molecule has 0 saturated heterocycles. The first kappa shape index (κ1) is 21.8. The van der Waals surface area contributed by atoms with E-state index in [0.29, 0.717) is 34.2 Å². The molecule has 3 aromatic carbocycles. The first-order chi connectivity index (χ1) is 17.5. The van der Waals surface area contributed by atoms with Crippen molar-refractivity contribution in [3.8, 4) is 22.9 Å². The Balaban J connectivity index is 1.48. The molecule has 180 valence electrons. The lowest BCUT2D eigenvalue weighted by molar-refractivity contribution is 0.174. The van der Waals surface area contributed by atoms with Crippen LogP contribution in [0.4, 0.5) is 19.3 Å². The molecule has 2 aliphatic rings. The van der Waals surface area contributed by atoms with E-state index in [1.807, 2.05) is 30.3 Å². The van der Waals surface area contributed by atoms with Gasteiger partial charge in [0.05, 0.1) is 17.3 Å². The molecule has 0 radical (unpaired) electrons. The van der Waals surface area contributed by atoms with Crippen LogP contribution in [0.3, 0.4) is 0 Å². The molecule has 2 amide bonds. The number of allylic oxidation sites excluding steroid dienone is 1. The molecular formula is C26H18F2N4O4. The maximum atomic E-state index is 14.0. The van der Waals surface area contributed by atoms with Gasteiger partial charge in [0.15, 0.2) is 11.5 Å². The van der Waals surface area contributed by atoms with E-state index in [1.165, 1.54) is 4.90 Å². The largest absolute Gasteiger partial charge is 0.454 e. The number of rotatable bonds is 4. The molecule has 4 aromatic rings. The SMILES string of the molecule is CC1=C(c2nc(-c3ccc4c(c3)OCO4)no2)C(c2ccccc2)NC(=O)N1c1cc(F)cc(F)c1. The number of anilines is 1. The van der Waals surface area contributed by atoms with Crippen molar-refractivity contribution in [2.45, 2.75) is 13.0 Å². The number of ether oxygens (including phenoxy) is 2. The van der Waals surface area contributed by atoms with Gasteiger partial charge in [0, 0.05) is 17.3 Å². The van der Waals surface area contributed by atoms with Gasteiger partial charge in [0.2, 0.25) is 12.6 Å². The fourth-order valence-corrected chi connectivity index (χ4v) is 4.38. The first-order valence-electron chi connectivity index (χ1n) is 11.0. The van der Waals surface area contributed by atoms with E-state index in [1.54, 1.807) is 25.1 Å². The number of halogens is 2. The maximum Gasteiger partial charge on any atom is 0.327 e. The highest BCUT2D eigenvalue weighted by Gasteiger charge is 2.36. The van der Waals surface area contributed by atoms with Gasteiger partial charge in [-0.1, -0.05) is 35.5 Å². The Morgan fingerprint density at radius 1 is 0.972 bits per heavy atom. The summed E-state index contributed by atoms with van der Waals surface area (Å²) in [7, 11) is 0. The van der Waals surface area contributed by atoms with Crippen LogP contribution in [0.2, 0.25) is 0 Å². The highest BCUT2D eigenvalue weighted by atomic mass is 19.1. The van der Waals surface area contributed by atoms with Gasteiger partial charge in [-0.25, -0.2) is 13.6 Å². The van der Waals surface area contributed by atoms with Crippen molar-refractivity contribution in [3.63, 3.8) is 0 Å². The van der Waals surface area contributed by atoms with Gasteiger partial charge >= 0.3 is 6.03 Å². The van der Waals surface area contributed by atoms with E-state index in [9.17, 15) is 13.6 Å². The number of benzene rings is 3. The van der Waals surface area contributed by atoms with Crippen molar-refractivity contribution in [3.05, 3.63) is 95.5 Å². The Kier molecular flexibility index (Phi) is 5.14. The lowest BCUT2D eigenvalue weighted by Gasteiger charge is -2.35. The topological polar surface area (TPSA) is 89.7 Å². The molecule has 1 unspecified atom stereocenters. The minimum absolute atomic E-state index is 0.0296. The van der Waals surface area contributed by atoms with E-state index < -0.39 is 23.7 Å². The van der Waals surface area contributed by atoms with Crippen molar-refractivity contribution in [1.29, 1.82) is 0 Å². The summed E-state index contributed by atoms with van der Waals surface area (Å²) in [6, 6.07) is 16.2. The quantitative estimate of drug-likeness (QED) is 0.411. The predicted octanol–water partition coefficient (Wildman–Crippen LogP) is 5.45. The van der Waals surface area contributed by atoms with Crippen molar-refractivity contribution in [2.24, 2.45) is 0 Å². The van der Waals surface area contributed by atoms with Crippen LogP contribution in [0.1, 0.15) is 24.4 Å². The van der Waals surface area contributed by atoms with Gasteiger partial charge in [0.25, 0.3) is 5.89 Å². The molecule has 6 rings (SSSR count). The number of aromatic nitrogens is 2. The molecule has 2 aliphatic heterocycles. The molecular weight excluding hydrogens is 470 g/mol. The molecule has 8 nitrogen and oxygen atoms in total. The molecule has 10 heteroatoms. The second-order valence-electron chi connectivity index (χ2n) is 8.25. The van der Waals surface area contributed by atoms with E-state index in [2.05, 4.69) is 15.5 Å². The summed E-state index contributed by atoms with van der Waals surface area (Å²) in [6.07, 6.45) is 0. The summed E-state index contributed by atoms with van der Waals surface area (Å²) in [6.45, 7) is 1.80. The zero-order chi connectivity index (χ0) is 24.8. The summed E-state index contributed by atoms with van der Waals surface area (Å²) >= 11 is 0. The maximum absolute atomic E-state index is 14.0. The summed E-state index contributed by atoms with van der Waals surface area (Å²) in [5.41, 5.74) is 2.33. The average Bonchev–Trinajstić information content (AvgIpc) is 3.53. The molecule has 1 atom stereocenters. The minimum atomic E-state index is -0.805. The van der Waals surface area contributed by atoms with Crippen molar-refractivity contribution in [1.82, 2.24) is 15.5 Å². The summed E-state index contributed by atoms with van der Waals surface area (Å²) in [5.74, 6) is 0.0331. The molecule has 0 fully saturated rings. The molecule has 0 spiro atoms. The van der Waals surface area contributed by atoms with Gasteiger partial charge in [-0.3, -0.25) is 4.90 Å². The lowest BCUT2D eigenvalue weighted by atomic mass is 9.94. The van der Waals surface area contributed by atoms with Crippen LogP contribution in [0, 0.1) is 11.6 Å². The number of carbonyl (C=O) groups is 1. The Bertz CT molecular complexity index is 1500. The van der Waals surface area contributed by atoms with Crippen LogP contribution in [-0.2, 0) is 0 Å². The molecule has 0 aliphatic carbocycles. The number of fused-ring (bicyclic) bond motifs is 1. The first-order valence-corrected chi connectivity index (χ1v) is 11.0. The molecule has 1 N–H and O–H groups in total. The zero-order valence-corrected chi connectivity index (χ0v) is 18.9. The van der Waals surface area contributed by atoms with E-state index in [-0.39, 0.29) is 18.4 Å². The molecule has 1 aromatic heterocycles. The summed E-state index contributed by atoms with van der Waals surface area (Å²) < 4.78 is 44.5. The minimum Gasteiger partial charge on any atom is -0.454 e. The smallest absolute Gasteiger partial charge is 0.327 e. The zero-order valence-electron chi connectivity index (χ0n) is 18.9. The van der Waals surface area contributed by atoms with Crippen molar-refractivity contribution >= 4 is 17.3 Å². The number of urea groups is 1. The standard InChI is InChI=1S/C26H18F2N4O4/c1-14-22(25-30-24(31-36-25)16-7-8-20-21(9-16)35-13-34-20)23(15-5-3-2-4-6-15)29-26(33)32(14)19-11-17(27)10-18(28)12-19/h2-12,23H,13H2,1H3,(H,29,33). The van der Waals surface area contributed by atoms with E-state index >= 15 is 0 Å². The Hall–Kier alpha value is -4.73. The second-order valence-corrected chi connectivity index (χ2v) is 8.25. The average molecular weight is 488 g/mol. The van der Waals surface area contributed by atoms with Gasteiger partial charge in [-0.15, -0.1) is 0 Å². The normalized spacial score (nSPS) is 16.9. The molecule has 3 heterocycles. The third-order valence-electron chi connectivity index (χ3n) is 6.01. The summed E-state index contributed by atoms with van der Waals surface area (Å²) in [5, 5.41) is 7.03. The van der Waals surface area contributed by atoms with Crippen LogP contribution in [0.5, 0.6) is 11.5 Å². The molecule has 0 saturated carbocycles. The number of hydrogen-bond donors (Lipinski definition) is 1. The van der Waals surface area contributed by atoms with Crippen LogP contribution >= 0.6 is 0 Å². The van der Waals surface area contributed by atoms with Crippen LogP contribution in [0.25, 0.3) is 17.0 Å². The lowest BCUT2D eigenvalue weighted by Crippen LogP contribution is -2.46. The molecule has 36 heavy (non-hydrogen) atoms. The number of carbonyl (C=O) groups excluding carboxylic acids is 1. The number of nitrogens with zero attached hydrogens (tertiary/aromatic N) is 3. The fraction of sp³-hybridized carbons (Fsp3) is 0.115. The monoisotopic (exact) mass is 488 g/mol. The van der Waals surface area contributed by atoms with E-state index in [4.69, 9.17) is 14.0 Å². The van der Waals surface area contributed by atoms with Gasteiger partial charge in [-0.05, 0) is 42.8 Å². The van der Waals surface area contributed by atoms with Crippen LogP contribution in [-0.4, -0.2) is 23.0 Å². The summed E-state index contributed by atoms with van der Waals surface area (Å²) in [4.78, 5) is 18.9. The highest BCUT2D eigenvalue weighted by molar-refractivity contribution is 6.01. The predicted molar refractivity (Wildman–Crippen MR) is 125 cm³/mol. The number of hydrogen-bond acceptors (Lipinski definition) is 6. The number of nitrogens with one attached hydrogen (secondary N) is 1. The van der Waals surface area contributed by atoms with Crippen LogP contribution < -0.4 is 19.7 Å². The van der Waals surface area contributed by atoms with Gasteiger partial charge in [0.1, 0.15) is 11.6 Å². The van der Waals surface area contributed by atoms with Crippen molar-refractivity contribution < 1.29 is 27.6 Å². The fourth-order valence-electron chi connectivity index (χ4n) is 4.38. The van der Waals surface area contributed by atoms with Gasteiger partial charge in [-0.2, -0.15) is 4.98 Å². The number of amides is 2. The van der Waals surface area contributed by atoms with Gasteiger partial charge < -0.3 is 19.3 Å². The Labute approximate surface area is 203 Å². The Morgan fingerprint density at radius 3 is 2.50 bits per heavy atom. The second kappa shape index (κ2) is 8.49. The third-order valence-corrected chi connectivity index (χ3v) is 6.01. The highest BCUT2D eigenvalue weighted by Crippen LogP contribution is 2.40. The Morgan fingerprint density at radius 2 is 1.72 bits per heavy atom.